The fourth-order valence-corrected chi connectivity index (χ4v) is 2.55. The molecule has 0 aromatic carbocycles. The molecule has 1 aromatic rings. The van der Waals surface area contributed by atoms with Gasteiger partial charge in [0.05, 0.1) is 12.9 Å². The lowest BCUT2D eigenvalue weighted by Gasteiger charge is -2.36. The molecule has 7 heteroatoms. The van der Waals surface area contributed by atoms with Crippen molar-refractivity contribution in [1.82, 2.24) is 15.1 Å². The predicted octanol–water partition coefficient (Wildman–Crippen LogP) is 1.95. The molecule has 0 spiro atoms. The molecule has 134 valence electrons. The lowest BCUT2D eigenvalue weighted by molar-refractivity contribution is 0.0914. The number of nitrogens with one attached hydrogen (secondary N) is 1. The Morgan fingerprint density at radius 1 is 1.29 bits per heavy atom. The van der Waals surface area contributed by atoms with E-state index in [-0.39, 0.29) is 6.09 Å². The van der Waals surface area contributed by atoms with Gasteiger partial charge in [0.15, 0.2) is 5.96 Å². The Bertz CT molecular complexity index is 508. The van der Waals surface area contributed by atoms with Crippen molar-refractivity contribution in [2.75, 3.05) is 45.9 Å². The van der Waals surface area contributed by atoms with Crippen LogP contribution in [0.5, 0.6) is 0 Å². The summed E-state index contributed by atoms with van der Waals surface area (Å²) in [5, 5.41) is 3.41. The molecule has 0 bridgehead atoms. The Kier molecular flexibility index (Phi) is 7.45. The van der Waals surface area contributed by atoms with Crippen molar-refractivity contribution in [3.8, 4) is 0 Å². The summed E-state index contributed by atoms with van der Waals surface area (Å²) in [7, 11) is 0. The van der Waals surface area contributed by atoms with E-state index in [4.69, 9.17) is 9.15 Å². The van der Waals surface area contributed by atoms with E-state index in [2.05, 4.69) is 22.1 Å². The topological polar surface area (TPSA) is 70.3 Å². The smallest absolute Gasteiger partial charge is 0.409 e. The number of guanidine groups is 1. The average molecular weight is 336 g/mol. The Hall–Kier alpha value is -2.18. The molecule has 2 rings (SSSR count). The van der Waals surface area contributed by atoms with Crippen LogP contribution in [0.3, 0.4) is 0 Å². The summed E-state index contributed by atoms with van der Waals surface area (Å²) in [4.78, 5) is 20.4. The molecular weight excluding hydrogens is 308 g/mol. The number of carbonyl (C=O) groups is 1. The van der Waals surface area contributed by atoms with Crippen LogP contribution in [-0.2, 0) is 11.2 Å². The van der Waals surface area contributed by atoms with Crippen molar-refractivity contribution in [3.05, 3.63) is 24.2 Å². The summed E-state index contributed by atoms with van der Waals surface area (Å²) in [6.45, 7) is 8.75. The minimum absolute atomic E-state index is 0.227. The summed E-state index contributed by atoms with van der Waals surface area (Å²) >= 11 is 0. The normalized spacial score (nSPS) is 15.5. The van der Waals surface area contributed by atoms with Crippen LogP contribution < -0.4 is 5.32 Å². The Morgan fingerprint density at radius 2 is 2.04 bits per heavy atom. The molecular formula is C17H28N4O3. The molecule has 0 unspecified atom stereocenters. The quantitative estimate of drug-likeness (QED) is 0.635. The van der Waals surface area contributed by atoms with Crippen LogP contribution >= 0.6 is 0 Å². The zero-order valence-electron chi connectivity index (χ0n) is 14.7. The van der Waals surface area contributed by atoms with Crippen LogP contribution in [-0.4, -0.2) is 67.7 Å². The summed E-state index contributed by atoms with van der Waals surface area (Å²) in [5.41, 5.74) is 0. The second kappa shape index (κ2) is 9.85. The molecule has 1 aliphatic rings. The molecule has 1 aromatic heterocycles. The van der Waals surface area contributed by atoms with Gasteiger partial charge in [-0.15, -0.1) is 0 Å². The molecule has 0 aliphatic carbocycles. The summed E-state index contributed by atoms with van der Waals surface area (Å²) < 4.78 is 10.4. The molecule has 1 N–H and O–H groups in total. The summed E-state index contributed by atoms with van der Waals surface area (Å²) in [6.07, 6.45) is 3.29. The summed E-state index contributed by atoms with van der Waals surface area (Å²) in [5.74, 6) is 1.87. The maximum absolute atomic E-state index is 11.8. The van der Waals surface area contributed by atoms with Gasteiger partial charge >= 0.3 is 6.09 Å². The van der Waals surface area contributed by atoms with E-state index in [1.165, 1.54) is 0 Å². The molecule has 0 saturated carbocycles. The number of ether oxygens (including phenoxy) is 1. The fraction of sp³-hybridized carbons (Fsp3) is 0.647. The highest BCUT2D eigenvalue weighted by atomic mass is 16.6. The van der Waals surface area contributed by atoms with E-state index in [0.29, 0.717) is 19.7 Å². The second-order valence-electron chi connectivity index (χ2n) is 5.63. The van der Waals surface area contributed by atoms with E-state index in [1.807, 2.05) is 19.1 Å². The van der Waals surface area contributed by atoms with Gasteiger partial charge in [0.1, 0.15) is 5.76 Å². The highest BCUT2D eigenvalue weighted by molar-refractivity contribution is 5.80. The minimum Gasteiger partial charge on any atom is -0.469 e. The van der Waals surface area contributed by atoms with Crippen molar-refractivity contribution in [1.29, 1.82) is 0 Å². The third kappa shape index (κ3) is 5.47. The minimum atomic E-state index is -0.227. The average Bonchev–Trinajstić information content (AvgIpc) is 3.12. The number of hydrogen-bond acceptors (Lipinski definition) is 4. The number of carbonyl (C=O) groups excluding carboxylic acids is 1. The number of rotatable bonds is 6. The van der Waals surface area contributed by atoms with Crippen molar-refractivity contribution in [2.24, 2.45) is 4.99 Å². The Balaban J connectivity index is 1.83. The largest absolute Gasteiger partial charge is 0.469 e. The van der Waals surface area contributed by atoms with Gasteiger partial charge in [-0.1, -0.05) is 6.92 Å². The van der Waals surface area contributed by atoms with Gasteiger partial charge < -0.3 is 24.3 Å². The maximum atomic E-state index is 11.8. The van der Waals surface area contributed by atoms with Crippen LogP contribution in [0, 0.1) is 0 Å². The van der Waals surface area contributed by atoms with Gasteiger partial charge in [-0.3, -0.25) is 4.99 Å². The molecule has 7 nitrogen and oxygen atoms in total. The monoisotopic (exact) mass is 336 g/mol. The van der Waals surface area contributed by atoms with Crippen LogP contribution in [0.2, 0.25) is 0 Å². The first-order chi connectivity index (χ1) is 11.7. The van der Waals surface area contributed by atoms with Crippen molar-refractivity contribution in [2.45, 2.75) is 26.7 Å². The SMILES string of the molecule is CCCN=C(NCCc1ccco1)N1CCN(C(=O)OCC)CC1. The first-order valence-corrected chi connectivity index (χ1v) is 8.72. The molecule has 24 heavy (non-hydrogen) atoms. The standard InChI is InChI=1S/C17H28N4O3/c1-3-8-18-16(19-9-7-15-6-5-14-24-15)20-10-12-21(13-11-20)17(22)23-4-2/h5-6,14H,3-4,7-13H2,1-2H3,(H,18,19). The van der Waals surface area contributed by atoms with Crippen molar-refractivity contribution < 1.29 is 13.9 Å². The number of hydrogen-bond donors (Lipinski definition) is 1. The number of nitrogens with zero attached hydrogens (tertiary/aromatic N) is 3. The molecule has 1 aliphatic heterocycles. The van der Waals surface area contributed by atoms with Gasteiger partial charge in [0.2, 0.25) is 0 Å². The Morgan fingerprint density at radius 3 is 2.67 bits per heavy atom. The van der Waals surface area contributed by atoms with Crippen molar-refractivity contribution >= 4 is 12.1 Å². The zero-order valence-corrected chi connectivity index (χ0v) is 14.7. The van der Waals surface area contributed by atoms with Crippen LogP contribution in [0.15, 0.2) is 27.8 Å². The lowest BCUT2D eigenvalue weighted by Crippen LogP contribution is -2.54. The van der Waals surface area contributed by atoms with E-state index in [1.54, 1.807) is 11.2 Å². The molecule has 1 saturated heterocycles. The summed E-state index contributed by atoms with van der Waals surface area (Å²) in [6, 6.07) is 3.87. The molecule has 1 amide bonds. The molecule has 0 atom stereocenters. The van der Waals surface area contributed by atoms with E-state index in [9.17, 15) is 4.79 Å². The third-order valence-corrected chi connectivity index (χ3v) is 3.83. The van der Waals surface area contributed by atoms with E-state index >= 15 is 0 Å². The number of piperazine rings is 1. The van der Waals surface area contributed by atoms with Gasteiger partial charge in [0.25, 0.3) is 0 Å². The number of aliphatic imine (C=N–C) groups is 1. The molecule has 2 heterocycles. The highest BCUT2D eigenvalue weighted by Gasteiger charge is 2.23. The van der Waals surface area contributed by atoms with Crippen LogP contribution in [0.4, 0.5) is 4.79 Å². The van der Waals surface area contributed by atoms with Crippen molar-refractivity contribution in [3.63, 3.8) is 0 Å². The van der Waals surface area contributed by atoms with Gasteiger partial charge in [-0.2, -0.15) is 0 Å². The Labute approximate surface area is 143 Å². The predicted molar refractivity (Wildman–Crippen MR) is 93.2 cm³/mol. The van der Waals surface area contributed by atoms with Gasteiger partial charge in [-0.25, -0.2) is 4.79 Å². The first kappa shape index (κ1) is 18.2. The zero-order chi connectivity index (χ0) is 17.2. The van der Waals surface area contributed by atoms with E-state index in [0.717, 1.165) is 50.7 Å². The van der Waals surface area contributed by atoms with E-state index < -0.39 is 0 Å². The second-order valence-corrected chi connectivity index (χ2v) is 5.63. The maximum Gasteiger partial charge on any atom is 0.409 e. The highest BCUT2D eigenvalue weighted by Crippen LogP contribution is 2.05. The van der Waals surface area contributed by atoms with Gasteiger partial charge in [0, 0.05) is 45.7 Å². The van der Waals surface area contributed by atoms with Crippen LogP contribution in [0.25, 0.3) is 0 Å². The molecule has 1 fully saturated rings. The van der Waals surface area contributed by atoms with Crippen LogP contribution in [0.1, 0.15) is 26.0 Å². The number of furan rings is 1. The third-order valence-electron chi connectivity index (χ3n) is 3.83. The van der Waals surface area contributed by atoms with Gasteiger partial charge in [-0.05, 0) is 25.5 Å². The number of amides is 1. The fourth-order valence-electron chi connectivity index (χ4n) is 2.55. The first-order valence-electron chi connectivity index (χ1n) is 8.72. The lowest BCUT2D eigenvalue weighted by atomic mass is 10.3. The molecule has 0 radical (unpaired) electrons.